The number of aryl methyl sites for hydroxylation is 1. The molecule has 1 fully saturated rings. The average molecular weight is 483 g/mol. The molecule has 1 aliphatic rings. The quantitative estimate of drug-likeness (QED) is 0.454. The summed E-state index contributed by atoms with van der Waals surface area (Å²) in [6, 6.07) is 11.2. The van der Waals surface area contributed by atoms with E-state index in [4.69, 9.17) is 4.74 Å². The van der Waals surface area contributed by atoms with Gasteiger partial charge in [0.05, 0.1) is 23.4 Å². The zero-order valence-electron chi connectivity index (χ0n) is 19.8. The summed E-state index contributed by atoms with van der Waals surface area (Å²) in [5, 5.41) is 4.19. The minimum absolute atomic E-state index is 0. The number of hydrogen-bond donors (Lipinski definition) is 1. The summed E-state index contributed by atoms with van der Waals surface area (Å²) < 4.78 is 5.07. The molecule has 0 spiro atoms. The van der Waals surface area contributed by atoms with Crippen LogP contribution in [-0.2, 0) is 4.74 Å². The Kier molecular flexibility index (Phi) is 8.45. The molecule has 2 aromatic heterocycles. The van der Waals surface area contributed by atoms with E-state index in [1.807, 2.05) is 36.1 Å². The zero-order chi connectivity index (χ0) is 23.4. The van der Waals surface area contributed by atoms with Gasteiger partial charge in [-0.25, -0.2) is 14.8 Å². The van der Waals surface area contributed by atoms with Crippen LogP contribution in [0.25, 0.3) is 11.0 Å². The number of halogens is 1. The van der Waals surface area contributed by atoms with Crippen molar-refractivity contribution in [1.82, 2.24) is 14.9 Å². The van der Waals surface area contributed by atoms with E-state index in [-0.39, 0.29) is 30.3 Å². The number of anilines is 2. The highest BCUT2D eigenvalue weighted by Gasteiger charge is 2.28. The van der Waals surface area contributed by atoms with Gasteiger partial charge in [-0.1, -0.05) is 6.92 Å². The molecule has 0 radical (unpaired) electrons. The van der Waals surface area contributed by atoms with Gasteiger partial charge in [0.25, 0.3) is 5.91 Å². The number of rotatable bonds is 6. The van der Waals surface area contributed by atoms with Crippen LogP contribution in [0.15, 0.2) is 42.6 Å². The van der Waals surface area contributed by atoms with Crippen molar-refractivity contribution in [2.75, 3.05) is 18.5 Å². The van der Waals surface area contributed by atoms with Gasteiger partial charge >= 0.3 is 5.97 Å². The molecule has 0 saturated carbocycles. The van der Waals surface area contributed by atoms with Gasteiger partial charge in [0.2, 0.25) is 0 Å². The Balaban J connectivity index is 0.00000324. The molecule has 3 aromatic rings. The number of piperidine rings is 1. The van der Waals surface area contributed by atoms with Crippen molar-refractivity contribution in [1.29, 1.82) is 0 Å². The van der Waals surface area contributed by atoms with E-state index in [0.29, 0.717) is 29.1 Å². The molecule has 34 heavy (non-hydrogen) atoms. The highest BCUT2D eigenvalue weighted by Crippen LogP contribution is 2.31. The third-order valence-electron chi connectivity index (χ3n) is 6.12. The molecule has 3 heterocycles. The van der Waals surface area contributed by atoms with Gasteiger partial charge in [-0.3, -0.25) is 4.79 Å². The fourth-order valence-electron chi connectivity index (χ4n) is 4.36. The lowest BCUT2D eigenvalue weighted by molar-refractivity contribution is 0.0525. The van der Waals surface area contributed by atoms with Crippen molar-refractivity contribution < 1.29 is 14.3 Å². The minimum Gasteiger partial charge on any atom is -0.462 e. The largest absolute Gasteiger partial charge is 0.462 e. The molecule has 180 valence electrons. The summed E-state index contributed by atoms with van der Waals surface area (Å²) in [4.78, 5) is 36.7. The maximum absolute atomic E-state index is 13.7. The molecule has 1 aliphatic heterocycles. The number of carbonyl (C=O) groups is 2. The predicted molar refractivity (Wildman–Crippen MR) is 136 cm³/mol. The molecule has 4 rings (SSSR count). The molecule has 1 unspecified atom stereocenters. The van der Waals surface area contributed by atoms with Crippen molar-refractivity contribution in [2.45, 2.75) is 52.5 Å². The standard InChI is InChI=1S/C26H30N4O3.ClH/c1-4-20-8-6-7-15-30(20)25(31)22-16-27-24-21(14-9-17(3)28-24)23(22)29-19-12-10-18(11-13-19)26(32)33-5-2;/h9-14,16,20H,4-8,15H2,1-3H3,(H,27,28,29);1H. The lowest BCUT2D eigenvalue weighted by Crippen LogP contribution is -2.43. The van der Waals surface area contributed by atoms with Gasteiger partial charge in [0.15, 0.2) is 5.65 Å². The third kappa shape index (κ3) is 5.30. The summed E-state index contributed by atoms with van der Waals surface area (Å²) in [5.74, 6) is -0.369. The first-order valence-electron chi connectivity index (χ1n) is 11.6. The molecule has 7 nitrogen and oxygen atoms in total. The van der Waals surface area contributed by atoms with E-state index in [9.17, 15) is 9.59 Å². The number of fused-ring (bicyclic) bond motifs is 1. The topological polar surface area (TPSA) is 84.4 Å². The number of pyridine rings is 2. The Bertz CT molecular complexity index is 1170. The lowest BCUT2D eigenvalue weighted by Gasteiger charge is -2.35. The molecule has 1 saturated heterocycles. The van der Waals surface area contributed by atoms with E-state index in [1.54, 1.807) is 25.3 Å². The number of likely N-dealkylation sites (tertiary alicyclic amines) is 1. The van der Waals surface area contributed by atoms with Crippen molar-refractivity contribution in [3.05, 3.63) is 59.4 Å². The van der Waals surface area contributed by atoms with Crippen LogP contribution >= 0.6 is 12.4 Å². The van der Waals surface area contributed by atoms with Crippen LogP contribution in [0.3, 0.4) is 0 Å². The highest BCUT2D eigenvalue weighted by molar-refractivity contribution is 6.07. The van der Waals surface area contributed by atoms with E-state index < -0.39 is 0 Å². The second-order valence-corrected chi connectivity index (χ2v) is 8.35. The Morgan fingerprint density at radius 2 is 1.88 bits per heavy atom. The Morgan fingerprint density at radius 1 is 1.12 bits per heavy atom. The van der Waals surface area contributed by atoms with Crippen LogP contribution in [0, 0.1) is 6.92 Å². The first kappa shape index (κ1) is 25.4. The molecular weight excluding hydrogens is 452 g/mol. The summed E-state index contributed by atoms with van der Waals surface area (Å²) in [6.45, 7) is 6.92. The second-order valence-electron chi connectivity index (χ2n) is 8.35. The van der Waals surface area contributed by atoms with E-state index in [1.165, 1.54) is 0 Å². The average Bonchev–Trinajstić information content (AvgIpc) is 2.84. The Labute approximate surface area is 206 Å². The van der Waals surface area contributed by atoms with Gasteiger partial charge in [0, 0.05) is 35.6 Å². The normalized spacial score (nSPS) is 15.5. The maximum atomic E-state index is 13.7. The van der Waals surface area contributed by atoms with Crippen LogP contribution in [0.1, 0.15) is 65.9 Å². The number of benzene rings is 1. The van der Waals surface area contributed by atoms with E-state index in [2.05, 4.69) is 22.2 Å². The molecule has 0 bridgehead atoms. The van der Waals surface area contributed by atoms with Gasteiger partial charge < -0.3 is 15.0 Å². The minimum atomic E-state index is -0.357. The monoisotopic (exact) mass is 482 g/mol. The summed E-state index contributed by atoms with van der Waals surface area (Å²) >= 11 is 0. The van der Waals surface area contributed by atoms with Gasteiger partial charge in [-0.15, -0.1) is 12.4 Å². The van der Waals surface area contributed by atoms with Crippen LogP contribution in [0.5, 0.6) is 0 Å². The van der Waals surface area contributed by atoms with E-state index in [0.717, 1.165) is 49.0 Å². The predicted octanol–water partition coefficient (Wildman–Crippen LogP) is 5.69. The van der Waals surface area contributed by atoms with Gasteiger partial charge in [0.1, 0.15) is 0 Å². The second kappa shape index (κ2) is 11.3. The number of nitrogens with zero attached hydrogens (tertiary/aromatic N) is 3. The van der Waals surface area contributed by atoms with Crippen molar-refractivity contribution in [3.8, 4) is 0 Å². The summed E-state index contributed by atoms with van der Waals surface area (Å²) in [5.41, 5.74) is 3.90. The smallest absolute Gasteiger partial charge is 0.338 e. The van der Waals surface area contributed by atoms with Crippen LogP contribution in [0.2, 0.25) is 0 Å². The van der Waals surface area contributed by atoms with Gasteiger partial charge in [-0.2, -0.15) is 0 Å². The number of aromatic nitrogens is 2. The fourth-order valence-corrected chi connectivity index (χ4v) is 4.36. The molecule has 1 N–H and O–H groups in total. The SMILES string of the molecule is CCOC(=O)c1ccc(Nc2c(C(=O)N3CCCCC3CC)cnc3nc(C)ccc23)cc1.Cl. The number of ether oxygens (including phenoxy) is 1. The van der Waals surface area contributed by atoms with E-state index >= 15 is 0 Å². The molecule has 1 amide bonds. The number of esters is 1. The fraction of sp³-hybridized carbons (Fsp3) is 0.385. The first-order chi connectivity index (χ1) is 16.0. The number of amides is 1. The van der Waals surface area contributed by atoms with Crippen LogP contribution < -0.4 is 5.32 Å². The molecule has 0 aliphatic carbocycles. The Morgan fingerprint density at radius 3 is 2.59 bits per heavy atom. The number of carbonyl (C=O) groups excluding carboxylic acids is 2. The third-order valence-corrected chi connectivity index (χ3v) is 6.12. The van der Waals surface area contributed by atoms with Crippen molar-refractivity contribution in [2.24, 2.45) is 0 Å². The summed E-state index contributed by atoms with van der Waals surface area (Å²) in [7, 11) is 0. The van der Waals surface area contributed by atoms with Crippen LogP contribution in [-0.4, -0.2) is 45.9 Å². The molecular formula is C26H31ClN4O3. The van der Waals surface area contributed by atoms with Gasteiger partial charge in [-0.05, 0) is 75.9 Å². The first-order valence-corrected chi connectivity index (χ1v) is 11.6. The maximum Gasteiger partial charge on any atom is 0.338 e. The molecule has 1 atom stereocenters. The molecule has 8 heteroatoms. The molecule has 1 aromatic carbocycles. The van der Waals surface area contributed by atoms with Crippen molar-refractivity contribution in [3.63, 3.8) is 0 Å². The van der Waals surface area contributed by atoms with Crippen molar-refractivity contribution >= 4 is 46.7 Å². The zero-order valence-corrected chi connectivity index (χ0v) is 20.7. The highest BCUT2D eigenvalue weighted by atomic mass is 35.5. The van der Waals surface area contributed by atoms with Crippen LogP contribution in [0.4, 0.5) is 11.4 Å². The Hall–Kier alpha value is -3.19. The number of nitrogens with one attached hydrogen (secondary N) is 1. The number of hydrogen-bond acceptors (Lipinski definition) is 6. The lowest BCUT2D eigenvalue weighted by atomic mass is 9.98. The summed E-state index contributed by atoms with van der Waals surface area (Å²) in [6.07, 6.45) is 5.77.